The van der Waals surface area contributed by atoms with Crippen molar-refractivity contribution in [2.75, 3.05) is 6.54 Å². The highest BCUT2D eigenvalue weighted by Gasteiger charge is 2.47. The normalized spacial score (nSPS) is 26.5. The third-order valence-electron chi connectivity index (χ3n) is 5.66. The molecule has 4 rings (SSSR count). The Morgan fingerprint density at radius 1 is 1.32 bits per heavy atom. The molecule has 1 saturated carbocycles. The van der Waals surface area contributed by atoms with Gasteiger partial charge in [-0.15, -0.1) is 0 Å². The van der Waals surface area contributed by atoms with Crippen molar-refractivity contribution in [3.05, 3.63) is 41.6 Å². The van der Waals surface area contributed by atoms with E-state index in [9.17, 15) is 4.79 Å². The van der Waals surface area contributed by atoms with Crippen LogP contribution in [0, 0.1) is 5.92 Å². The maximum atomic E-state index is 13.2. The fourth-order valence-corrected chi connectivity index (χ4v) is 4.11. The molecule has 3 heterocycles. The van der Waals surface area contributed by atoms with Gasteiger partial charge in [-0.3, -0.25) is 9.48 Å². The molecule has 5 nitrogen and oxygen atoms in total. The van der Waals surface area contributed by atoms with E-state index >= 15 is 0 Å². The molecule has 0 unspecified atom stereocenters. The zero-order valence-electron chi connectivity index (χ0n) is 15.1. The van der Waals surface area contributed by atoms with Crippen LogP contribution >= 0.6 is 0 Å². The lowest BCUT2D eigenvalue weighted by atomic mass is 10.1. The van der Waals surface area contributed by atoms with Crippen molar-refractivity contribution in [3.8, 4) is 0 Å². The van der Waals surface area contributed by atoms with Gasteiger partial charge < -0.3 is 9.32 Å². The minimum Gasteiger partial charge on any atom is -0.464 e. The van der Waals surface area contributed by atoms with E-state index in [1.807, 2.05) is 24.1 Å². The third-order valence-corrected chi connectivity index (χ3v) is 5.66. The standard InChI is InChI=1S/C20H27N3O2/c1-3-15-8-9-19(25-15)18-7-5-4-6-10-23(18)20(24)17-11-16(17)14-12-21-22(2)13-14/h8-9,12-13,16-18H,3-7,10-11H2,1-2H3/t16-,17+,18-/m1/s1. The lowest BCUT2D eigenvalue weighted by Crippen LogP contribution is -2.36. The van der Waals surface area contributed by atoms with Crippen LogP contribution in [0.5, 0.6) is 0 Å². The second-order valence-corrected chi connectivity index (χ2v) is 7.45. The molecule has 0 radical (unpaired) electrons. The molecule has 1 aliphatic carbocycles. The van der Waals surface area contributed by atoms with Crippen molar-refractivity contribution in [1.82, 2.24) is 14.7 Å². The molecule has 2 aromatic rings. The van der Waals surface area contributed by atoms with Crippen molar-refractivity contribution < 1.29 is 9.21 Å². The summed E-state index contributed by atoms with van der Waals surface area (Å²) in [5.74, 6) is 2.73. The van der Waals surface area contributed by atoms with Crippen molar-refractivity contribution in [3.63, 3.8) is 0 Å². The summed E-state index contributed by atoms with van der Waals surface area (Å²) in [6, 6.07) is 4.23. The van der Waals surface area contributed by atoms with E-state index in [1.54, 1.807) is 0 Å². The van der Waals surface area contributed by atoms with Gasteiger partial charge in [-0.2, -0.15) is 5.10 Å². The predicted molar refractivity (Wildman–Crippen MR) is 95.1 cm³/mol. The van der Waals surface area contributed by atoms with Crippen LogP contribution < -0.4 is 0 Å². The van der Waals surface area contributed by atoms with Gasteiger partial charge in [0.2, 0.25) is 5.91 Å². The number of likely N-dealkylation sites (tertiary alicyclic amines) is 1. The molecule has 5 heteroatoms. The number of carbonyl (C=O) groups is 1. The Kier molecular flexibility index (Phi) is 4.40. The monoisotopic (exact) mass is 341 g/mol. The molecule has 0 aromatic carbocycles. The Balaban J connectivity index is 1.52. The van der Waals surface area contributed by atoms with Gasteiger partial charge in [0, 0.05) is 32.1 Å². The van der Waals surface area contributed by atoms with Gasteiger partial charge in [-0.05, 0) is 42.9 Å². The molecule has 134 valence electrons. The molecule has 0 spiro atoms. The van der Waals surface area contributed by atoms with Crippen LogP contribution in [0.25, 0.3) is 0 Å². The van der Waals surface area contributed by atoms with E-state index < -0.39 is 0 Å². The highest BCUT2D eigenvalue weighted by atomic mass is 16.3. The SMILES string of the molecule is CCc1ccc([C@H]2CCCCCN2C(=O)[C@H]2C[C@@H]2c2cnn(C)c2)o1. The van der Waals surface area contributed by atoms with E-state index in [4.69, 9.17) is 4.42 Å². The number of hydrogen-bond acceptors (Lipinski definition) is 3. The predicted octanol–water partition coefficient (Wildman–Crippen LogP) is 3.82. The molecular weight excluding hydrogens is 314 g/mol. The van der Waals surface area contributed by atoms with Crippen molar-refractivity contribution in [1.29, 1.82) is 0 Å². The van der Waals surface area contributed by atoms with Crippen molar-refractivity contribution in [2.45, 2.75) is 57.4 Å². The summed E-state index contributed by atoms with van der Waals surface area (Å²) in [6.45, 7) is 2.95. The second-order valence-electron chi connectivity index (χ2n) is 7.45. The highest BCUT2D eigenvalue weighted by Crippen LogP contribution is 2.49. The number of rotatable bonds is 4. The molecule has 25 heavy (non-hydrogen) atoms. The first-order valence-electron chi connectivity index (χ1n) is 9.55. The summed E-state index contributed by atoms with van der Waals surface area (Å²) in [5, 5.41) is 4.25. The van der Waals surface area contributed by atoms with E-state index in [1.165, 1.54) is 12.0 Å². The quantitative estimate of drug-likeness (QED) is 0.849. The third kappa shape index (κ3) is 3.24. The Morgan fingerprint density at radius 3 is 2.92 bits per heavy atom. The molecule has 3 atom stereocenters. The fraction of sp³-hybridized carbons (Fsp3) is 0.600. The molecule has 1 saturated heterocycles. The summed E-state index contributed by atoms with van der Waals surface area (Å²) in [7, 11) is 1.93. The maximum absolute atomic E-state index is 13.2. The lowest BCUT2D eigenvalue weighted by molar-refractivity contribution is -0.135. The summed E-state index contributed by atoms with van der Waals surface area (Å²) in [5.41, 5.74) is 1.19. The summed E-state index contributed by atoms with van der Waals surface area (Å²) in [4.78, 5) is 15.3. The van der Waals surface area contributed by atoms with Gasteiger partial charge >= 0.3 is 0 Å². The molecule has 0 N–H and O–H groups in total. The van der Waals surface area contributed by atoms with Gasteiger partial charge in [0.15, 0.2) is 0 Å². The van der Waals surface area contributed by atoms with Gasteiger partial charge in [0.05, 0.1) is 12.2 Å². The number of aromatic nitrogens is 2. The van der Waals surface area contributed by atoms with Crippen LogP contribution in [-0.4, -0.2) is 27.1 Å². The zero-order chi connectivity index (χ0) is 17.4. The number of hydrogen-bond donors (Lipinski definition) is 0. The topological polar surface area (TPSA) is 51.3 Å². The summed E-state index contributed by atoms with van der Waals surface area (Å²) < 4.78 is 7.83. The van der Waals surface area contributed by atoms with Gasteiger partial charge in [-0.25, -0.2) is 0 Å². The van der Waals surface area contributed by atoms with E-state index in [2.05, 4.69) is 29.1 Å². The van der Waals surface area contributed by atoms with E-state index in [-0.39, 0.29) is 12.0 Å². The fourth-order valence-electron chi connectivity index (χ4n) is 4.11. The molecule has 2 aromatic heterocycles. The van der Waals surface area contributed by atoms with Gasteiger partial charge in [-0.1, -0.05) is 19.8 Å². The number of aryl methyl sites for hydroxylation is 2. The smallest absolute Gasteiger partial charge is 0.226 e. The first-order valence-corrected chi connectivity index (χ1v) is 9.55. The van der Waals surface area contributed by atoms with Crippen LogP contribution in [0.3, 0.4) is 0 Å². The highest BCUT2D eigenvalue weighted by molar-refractivity contribution is 5.83. The first-order chi connectivity index (χ1) is 12.2. The molecule has 0 bridgehead atoms. The molecule has 2 fully saturated rings. The zero-order valence-corrected chi connectivity index (χ0v) is 15.1. The van der Waals surface area contributed by atoms with Gasteiger partial charge in [0.25, 0.3) is 0 Å². The number of furan rings is 1. The van der Waals surface area contributed by atoms with Crippen molar-refractivity contribution in [2.24, 2.45) is 13.0 Å². The number of nitrogens with zero attached hydrogens (tertiary/aromatic N) is 3. The average Bonchev–Trinajstić information content (AvgIpc) is 3.18. The summed E-state index contributed by atoms with van der Waals surface area (Å²) >= 11 is 0. The largest absolute Gasteiger partial charge is 0.464 e. The minimum absolute atomic E-state index is 0.102. The maximum Gasteiger partial charge on any atom is 0.226 e. The Bertz CT molecular complexity index is 748. The molecule has 1 aliphatic heterocycles. The summed E-state index contributed by atoms with van der Waals surface area (Å²) in [6.07, 6.45) is 10.2. The Morgan fingerprint density at radius 2 is 2.20 bits per heavy atom. The second kappa shape index (κ2) is 6.70. The van der Waals surface area contributed by atoms with Crippen LogP contribution in [0.4, 0.5) is 0 Å². The van der Waals surface area contributed by atoms with E-state index in [0.717, 1.165) is 50.2 Å². The van der Waals surface area contributed by atoms with Crippen LogP contribution in [0.15, 0.2) is 28.9 Å². The van der Waals surface area contributed by atoms with Crippen LogP contribution in [-0.2, 0) is 18.3 Å². The van der Waals surface area contributed by atoms with Crippen LogP contribution in [0.1, 0.15) is 68.1 Å². The molecule has 2 aliphatic rings. The Labute approximate surface area is 149 Å². The number of carbonyl (C=O) groups excluding carboxylic acids is 1. The molecule has 1 amide bonds. The molecular formula is C20H27N3O2. The number of amides is 1. The van der Waals surface area contributed by atoms with Crippen molar-refractivity contribution >= 4 is 5.91 Å². The Hall–Kier alpha value is -2.04. The first kappa shape index (κ1) is 16.4. The average molecular weight is 341 g/mol. The van der Waals surface area contributed by atoms with Gasteiger partial charge in [0.1, 0.15) is 11.5 Å². The van der Waals surface area contributed by atoms with Crippen LogP contribution in [0.2, 0.25) is 0 Å². The van der Waals surface area contributed by atoms with E-state index in [0.29, 0.717) is 11.8 Å². The minimum atomic E-state index is 0.102. The lowest BCUT2D eigenvalue weighted by Gasteiger charge is -2.29.